The van der Waals surface area contributed by atoms with Gasteiger partial charge in [0, 0.05) is 6.61 Å². The number of rotatable bonds is 9. The van der Waals surface area contributed by atoms with Crippen molar-refractivity contribution in [3.8, 4) is 0 Å². The van der Waals surface area contributed by atoms with E-state index in [1.165, 1.54) is 11.1 Å². The summed E-state index contributed by atoms with van der Waals surface area (Å²) in [5.74, 6) is 0. The standard InChI is InChI=1S/C18H31NO/c1-6-14-19-17(16-13-11-10-12-15(16)5)18(7-2,8-3)20-9-4/h10-13,17,19H,6-9,14H2,1-5H3. The lowest BCUT2D eigenvalue weighted by Crippen LogP contribution is -2.46. The number of aryl methyl sites for hydroxylation is 1. The normalized spacial score (nSPS) is 13.4. The first kappa shape index (κ1) is 17.2. The molecule has 0 aromatic heterocycles. The maximum atomic E-state index is 6.23. The Kier molecular flexibility index (Phi) is 7.25. The van der Waals surface area contributed by atoms with Crippen LogP contribution < -0.4 is 5.32 Å². The number of benzene rings is 1. The lowest BCUT2D eigenvalue weighted by Gasteiger charge is -2.41. The molecule has 1 aromatic rings. The summed E-state index contributed by atoms with van der Waals surface area (Å²) in [6, 6.07) is 8.93. The van der Waals surface area contributed by atoms with Crippen molar-refractivity contribution in [2.45, 2.75) is 65.5 Å². The SMILES string of the molecule is CCCNC(c1ccccc1C)C(CC)(CC)OCC. The fourth-order valence-corrected chi connectivity index (χ4v) is 3.01. The van der Waals surface area contributed by atoms with Crippen LogP contribution in [0.15, 0.2) is 24.3 Å². The van der Waals surface area contributed by atoms with Crippen molar-refractivity contribution in [2.75, 3.05) is 13.2 Å². The molecule has 2 nitrogen and oxygen atoms in total. The topological polar surface area (TPSA) is 21.3 Å². The number of ether oxygens (including phenoxy) is 1. The van der Waals surface area contributed by atoms with Gasteiger partial charge in [0.25, 0.3) is 0 Å². The largest absolute Gasteiger partial charge is 0.373 e. The fourth-order valence-electron chi connectivity index (χ4n) is 3.01. The van der Waals surface area contributed by atoms with Crippen LogP contribution >= 0.6 is 0 Å². The van der Waals surface area contributed by atoms with Crippen LogP contribution in [-0.2, 0) is 4.74 Å². The van der Waals surface area contributed by atoms with E-state index < -0.39 is 0 Å². The molecular formula is C18H31NO. The molecule has 1 N–H and O–H groups in total. The molecule has 0 aliphatic heterocycles. The maximum Gasteiger partial charge on any atom is 0.0871 e. The van der Waals surface area contributed by atoms with E-state index in [-0.39, 0.29) is 11.6 Å². The lowest BCUT2D eigenvalue weighted by molar-refractivity contribution is -0.0734. The minimum absolute atomic E-state index is 0.115. The first-order chi connectivity index (χ1) is 9.65. The summed E-state index contributed by atoms with van der Waals surface area (Å²) < 4.78 is 6.23. The molecule has 0 aliphatic carbocycles. The molecule has 114 valence electrons. The van der Waals surface area contributed by atoms with E-state index in [2.05, 4.69) is 64.2 Å². The van der Waals surface area contributed by atoms with Gasteiger partial charge in [0.1, 0.15) is 0 Å². The van der Waals surface area contributed by atoms with Gasteiger partial charge in [0.2, 0.25) is 0 Å². The molecule has 0 saturated heterocycles. The highest BCUT2D eigenvalue weighted by Gasteiger charge is 2.37. The predicted molar refractivity (Wildman–Crippen MR) is 87.2 cm³/mol. The summed E-state index contributed by atoms with van der Waals surface area (Å²) in [4.78, 5) is 0. The molecule has 0 radical (unpaired) electrons. The van der Waals surface area contributed by atoms with Gasteiger partial charge in [-0.15, -0.1) is 0 Å². The van der Waals surface area contributed by atoms with Crippen molar-refractivity contribution in [1.82, 2.24) is 5.32 Å². The van der Waals surface area contributed by atoms with Crippen LogP contribution in [0.2, 0.25) is 0 Å². The van der Waals surface area contributed by atoms with E-state index in [1.54, 1.807) is 0 Å². The molecule has 0 bridgehead atoms. The highest BCUT2D eigenvalue weighted by molar-refractivity contribution is 5.31. The van der Waals surface area contributed by atoms with Gasteiger partial charge in [-0.3, -0.25) is 0 Å². The van der Waals surface area contributed by atoms with Crippen LogP contribution in [0.4, 0.5) is 0 Å². The Morgan fingerprint density at radius 3 is 2.25 bits per heavy atom. The number of hydrogen-bond acceptors (Lipinski definition) is 2. The zero-order valence-electron chi connectivity index (χ0n) is 13.8. The van der Waals surface area contributed by atoms with Crippen LogP contribution in [0, 0.1) is 6.92 Å². The van der Waals surface area contributed by atoms with Crippen LogP contribution in [0.3, 0.4) is 0 Å². The smallest absolute Gasteiger partial charge is 0.0871 e. The molecule has 1 atom stereocenters. The highest BCUT2D eigenvalue weighted by Crippen LogP contribution is 2.36. The van der Waals surface area contributed by atoms with Gasteiger partial charge in [-0.1, -0.05) is 45.0 Å². The van der Waals surface area contributed by atoms with E-state index in [4.69, 9.17) is 4.74 Å². The molecule has 0 aliphatic rings. The average molecular weight is 277 g/mol. The van der Waals surface area contributed by atoms with Gasteiger partial charge in [-0.2, -0.15) is 0 Å². The lowest BCUT2D eigenvalue weighted by atomic mass is 9.82. The Morgan fingerprint density at radius 1 is 1.10 bits per heavy atom. The number of hydrogen-bond donors (Lipinski definition) is 1. The zero-order chi connectivity index (χ0) is 15.0. The quantitative estimate of drug-likeness (QED) is 0.710. The third kappa shape index (κ3) is 3.83. The molecule has 0 spiro atoms. The summed E-state index contributed by atoms with van der Waals surface area (Å²) in [5, 5.41) is 3.73. The Bertz CT molecular complexity index is 385. The first-order valence-corrected chi connectivity index (χ1v) is 8.08. The molecule has 1 unspecified atom stereocenters. The molecule has 0 heterocycles. The minimum Gasteiger partial charge on any atom is -0.373 e. The van der Waals surface area contributed by atoms with E-state index in [1.807, 2.05) is 0 Å². The second-order valence-corrected chi connectivity index (χ2v) is 5.45. The Balaban J connectivity index is 3.18. The second kappa shape index (κ2) is 8.43. The summed E-state index contributed by atoms with van der Waals surface area (Å²) in [6.07, 6.45) is 3.18. The van der Waals surface area contributed by atoms with E-state index in [0.717, 1.165) is 32.4 Å². The van der Waals surface area contributed by atoms with E-state index in [0.29, 0.717) is 0 Å². The van der Waals surface area contributed by atoms with Crippen LogP contribution in [-0.4, -0.2) is 18.8 Å². The zero-order valence-corrected chi connectivity index (χ0v) is 13.8. The van der Waals surface area contributed by atoms with E-state index in [9.17, 15) is 0 Å². The molecule has 1 aromatic carbocycles. The summed E-state index contributed by atoms with van der Waals surface area (Å²) in [7, 11) is 0. The fraction of sp³-hybridized carbons (Fsp3) is 0.667. The summed E-state index contributed by atoms with van der Waals surface area (Å²) >= 11 is 0. The first-order valence-electron chi connectivity index (χ1n) is 8.08. The predicted octanol–water partition coefficient (Wildman–Crippen LogP) is 4.63. The molecule has 20 heavy (non-hydrogen) atoms. The highest BCUT2D eigenvalue weighted by atomic mass is 16.5. The summed E-state index contributed by atoms with van der Waals surface area (Å²) in [5.41, 5.74) is 2.60. The van der Waals surface area contributed by atoms with Crippen molar-refractivity contribution >= 4 is 0 Å². The van der Waals surface area contributed by atoms with Crippen LogP contribution in [0.25, 0.3) is 0 Å². The van der Waals surface area contributed by atoms with Crippen molar-refractivity contribution in [3.63, 3.8) is 0 Å². The van der Waals surface area contributed by atoms with Crippen molar-refractivity contribution in [2.24, 2.45) is 0 Å². The van der Waals surface area contributed by atoms with Crippen molar-refractivity contribution < 1.29 is 4.74 Å². The van der Waals surface area contributed by atoms with Gasteiger partial charge >= 0.3 is 0 Å². The number of nitrogens with one attached hydrogen (secondary N) is 1. The molecule has 2 heteroatoms. The van der Waals surface area contributed by atoms with Crippen LogP contribution in [0.1, 0.15) is 64.1 Å². The van der Waals surface area contributed by atoms with E-state index >= 15 is 0 Å². The molecule has 0 fully saturated rings. The van der Waals surface area contributed by atoms with Gasteiger partial charge in [0.15, 0.2) is 0 Å². The molecule has 1 rings (SSSR count). The molecule has 0 amide bonds. The van der Waals surface area contributed by atoms with Crippen LogP contribution in [0.5, 0.6) is 0 Å². The third-order valence-electron chi connectivity index (χ3n) is 4.25. The van der Waals surface area contributed by atoms with Crippen molar-refractivity contribution in [1.29, 1.82) is 0 Å². The second-order valence-electron chi connectivity index (χ2n) is 5.45. The molecule has 0 saturated carbocycles. The Labute approximate surface area is 124 Å². The maximum absolute atomic E-state index is 6.23. The van der Waals surface area contributed by atoms with Crippen molar-refractivity contribution in [3.05, 3.63) is 35.4 Å². The molecular weight excluding hydrogens is 246 g/mol. The van der Waals surface area contributed by atoms with Gasteiger partial charge in [0.05, 0.1) is 11.6 Å². The van der Waals surface area contributed by atoms with Gasteiger partial charge < -0.3 is 10.1 Å². The Morgan fingerprint density at radius 2 is 1.75 bits per heavy atom. The minimum atomic E-state index is -0.115. The van der Waals surface area contributed by atoms with Gasteiger partial charge in [-0.25, -0.2) is 0 Å². The monoisotopic (exact) mass is 277 g/mol. The third-order valence-corrected chi connectivity index (χ3v) is 4.25. The Hall–Kier alpha value is -0.860. The van der Waals surface area contributed by atoms with Gasteiger partial charge in [-0.05, 0) is 50.8 Å². The summed E-state index contributed by atoms with van der Waals surface area (Å²) in [6.45, 7) is 12.7. The average Bonchev–Trinajstić information content (AvgIpc) is 2.48.